The highest BCUT2D eigenvalue weighted by Gasteiger charge is 2.26. The largest absolute Gasteiger partial charge is 0.379 e. The SMILES string of the molecule is Cc1ccc(S(=O)(=O)Oc2ccc([C@@H]3CN([C@H](C)c4ccccc4)CCO3)cc2)cc1. The Hall–Kier alpha value is -2.67. The van der Waals surface area contributed by atoms with E-state index in [4.69, 9.17) is 8.92 Å². The summed E-state index contributed by atoms with van der Waals surface area (Å²) >= 11 is 0. The lowest BCUT2D eigenvalue weighted by Gasteiger charge is -2.37. The molecule has 31 heavy (non-hydrogen) atoms. The third-order valence-electron chi connectivity index (χ3n) is 5.70. The van der Waals surface area contributed by atoms with Crippen LogP contribution in [0.2, 0.25) is 0 Å². The minimum atomic E-state index is -3.86. The lowest BCUT2D eigenvalue weighted by Crippen LogP contribution is -2.39. The Labute approximate surface area is 184 Å². The fourth-order valence-electron chi connectivity index (χ4n) is 3.78. The van der Waals surface area contributed by atoms with Crippen molar-refractivity contribution < 1.29 is 17.3 Å². The molecule has 6 heteroatoms. The summed E-state index contributed by atoms with van der Waals surface area (Å²) in [4.78, 5) is 2.55. The highest BCUT2D eigenvalue weighted by molar-refractivity contribution is 7.87. The zero-order chi connectivity index (χ0) is 21.8. The molecule has 0 radical (unpaired) electrons. The molecule has 5 nitrogen and oxygen atoms in total. The number of hydrogen-bond donors (Lipinski definition) is 0. The van der Waals surface area contributed by atoms with Crippen molar-refractivity contribution in [1.29, 1.82) is 0 Å². The number of hydrogen-bond acceptors (Lipinski definition) is 5. The number of aryl methyl sites for hydroxylation is 1. The van der Waals surface area contributed by atoms with Gasteiger partial charge in [-0.2, -0.15) is 8.42 Å². The fraction of sp³-hybridized carbons (Fsp3) is 0.280. The molecule has 1 fully saturated rings. The Balaban J connectivity index is 1.43. The van der Waals surface area contributed by atoms with Crippen LogP contribution >= 0.6 is 0 Å². The van der Waals surface area contributed by atoms with Crippen LogP contribution in [0, 0.1) is 6.92 Å². The summed E-state index contributed by atoms with van der Waals surface area (Å²) in [6.07, 6.45) is -0.0670. The molecule has 0 N–H and O–H groups in total. The average Bonchev–Trinajstić information content (AvgIpc) is 2.80. The van der Waals surface area contributed by atoms with Gasteiger partial charge in [0.25, 0.3) is 0 Å². The van der Waals surface area contributed by atoms with Crippen molar-refractivity contribution in [2.75, 3.05) is 19.7 Å². The maximum Gasteiger partial charge on any atom is 0.339 e. The third kappa shape index (κ3) is 5.15. The lowest BCUT2D eigenvalue weighted by molar-refractivity contribution is -0.0431. The molecule has 1 heterocycles. The van der Waals surface area contributed by atoms with E-state index in [1.165, 1.54) is 5.56 Å². The van der Waals surface area contributed by atoms with Crippen LogP contribution in [-0.2, 0) is 14.9 Å². The Kier molecular flexibility index (Phi) is 6.41. The normalized spacial score (nSPS) is 18.5. The molecule has 0 aromatic heterocycles. The second kappa shape index (κ2) is 9.22. The van der Waals surface area contributed by atoms with E-state index < -0.39 is 10.1 Å². The van der Waals surface area contributed by atoms with Crippen molar-refractivity contribution >= 4 is 10.1 Å². The van der Waals surface area contributed by atoms with E-state index in [2.05, 4.69) is 36.1 Å². The maximum atomic E-state index is 12.5. The van der Waals surface area contributed by atoms with E-state index in [0.29, 0.717) is 12.6 Å². The smallest absolute Gasteiger partial charge is 0.339 e. The van der Waals surface area contributed by atoms with E-state index in [1.54, 1.807) is 36.4 Å². The first-order valence-electron chi connectivity index (χ1n) is 10.4. The van der Waals surface area contributed by atoms with Crippen LogP contribution in [0.1, 0.15) is 35.8 Å². The van der Waals surface area contributed by atoms with Crippen molar-refractivity contribution in [2.24, 2.45) is 0 Å². The van der Waals surface area contributed by atoms with Gasteiger partial charge >= 0.3 is 10.1 Å². The van der Waals surface area contributed by atoms with Gasteiger partial charge in [-0.15, -0.1) is 0 Å². The zero-order valence-electron chi connectivity index (χ0n) is 17.8. The third-order valence-corrected chi connectivity index (χ3v) is 6.96. The second-order valence-electron chi connectivity index (χ2n) is 7.86. The predicted octanol–water partition coefficient (Wildman–Crippen LogP) is 4.90. The van der Waals surface area contributed by atoms with Gasteiger partial charge in [-0.1, -0.05) is 60.2 Å². The molecule has 1 saturated heterocycles. The number of nitrogens with zero attached hydrogens (tertiary/aromatic N) is 1. The molecule has 0 amide bonds. The summed E-state index contributed by atoms with van der Waals surface area (Å²) in [6, 6.07) is 24.5. The van der Waals surface area contributed by atoms with Gasteiger partial charge in [-0.25, -0.2) is 0 Å². The molecule has 0 saturated carbocycles. The molecular weight excluding hydrogens is 410 g/mol. The van der Waals surface area contributed by atoms with Crippen molar-refractivity contribution in [2.45, 2.75) is 30.9 Å². The van der Waals surface area contributed by atoms with Crippen molar-refractivity contribution in [3.8, 4) is 5.75 Å². The number of morpholine rings is 1. The van der Waals surface area contributed by atoms with Crippen molar-refractivity contribution in [3.63, 3.8) is 0 Å². The molecule has 162 valence electrons. The summed E-state index contributed by atoms with van der Waals surface area (Å²) in [7, 11) is -3.86. The average molecular weight is 438 g/mol. The monoisotopic (exact) mass is 437 g/mol. The van der Waals surface area contributed by atoms with E-state index >= 15 is 0 Å². The second-order valence-corrected chi connectivity index (χ2v) is 9.41. The number of ether oxygens (including phenoxy) is 1. The highest BCUT2D eigenvalue weighted by Crippen LogP contribution is 2.30. The van der Waals surface area contributed by atoms with Gasteiger partial charge in [0.15, 0.2) is 0 Å². The van der Waals surface area contributed by atoms with E-state index in [0.717, 1.165) is 24.2 Å². The standard InChI is InChI=1S/C25H27NO4S/c1-19-8-14-24(15-9-19)31(27,28)30-23-12-10-22(11-13-23)25-18-26(16-17-29-25)20(2)21-6-4-3-5-7-21/h3-15,20,25H,16-18H2,1-2H3/t20-,25+/m1/s1. The molecule has 3 aromatic carbocycles. The molecule has 1 aliphatic rings. The molecule has 0 spiro atoms. The predicted molar refractivity (Wildman–Crippen MR) is 121 cm³/mol. The summed E-state index contributed by atoms with van der Waals surface area (Å²) in [5.41, 5.74) is 3.28. The summed E-state index contributed by atoms with van der Waals surface area (Å²) in [5, 5.41) is 0. The molecule has 0 bridgehead atoms. The van der Waals surface area contributed by atoms with Crippen LogP contribution < -0.4 is 4.18 Å². The van der Waals surface area contributed by atoms with Gasteiger partial charge in [0, 0.05) is 19.1 Å². The van der Waals surface area contributed by atoms with Crippen LogP contribution in [0.15, 0.2) is 83.8 Å². The Morgan fingerprint density at radius 2 is 1.65 bits per heavy atom. The molecule has 1 aliphatic heterocycles. The molecule has 2 atom stereocenters. The van der Waals surface area contributed by atoms with Gasteiger partial charge in [-0.3, -0.25) is 4.90 Å². The lowest BCUT2D eigenvalue weighted by atomic mass is 10.0. The van der Waals surface area contributed by atoms with E-state index in [9.17, 15) is 8.42 Å². The summed E-state index contributed by atoms with van der Waals surface area (Å²) < 4.78 is 36.3. The fourth-order valence-corrected chi connectivity index (χ4v) is 4.71. The molecular formula is C25H27NO4S. The Bertz CT molecular complexity index is 1100. The van der Waals surface area contributed by atoms with Crippen molar-refractivity contribution in [3.05, 3.63) is 95.6 Å². The minimum Gasteiger partial charge on any atom is -0.379 e. The molecule has 0 aliphatic carbocycles. The number of benzene rings is 3. The Morgan fingerprint density at radius 3 is 2.32 bits per heavy atom. The minimum absolute atomic E-state index is 0.0670. The van der Waals surface area contributed by atoms with Crippen LogP contribution in [0.4, 0.5) is 0 Å². The van der Waals surface area contributed by atoms with Gasteiger partial charge in [0.05, 0.1) is 12.7 Å². The molecule has 0 unspecified atom stereocenters. The first-order valence-corrected chi connectivity index (χ1v) is 11.8. The molecule has 3 aromatic rings. The highest BCUT2D eigenvalue weighted by atomic mass is 32.2. The van der Waals surface area contributed by atoms with Gasteiger partial charge in [0.1, 0.15) is 10.6 Å². The van der Waals surface area contributed by atoms with E-state index in [-0.39, 0.29) is 16.7 Å². The Morgan fingerprint density at radius 1 is 0.968 bits per heavy atom. The van der Waals surface area contributed by atoms with Crippen LogP contribution in [0.25, 0.3) is 0 Å². The first kappa shape index (κ1) is 21.6. The van der Waals surface area contributed by atoms with E-state index in [1.807, 2.05) is 25.1 Å². The maximum absolute atomic E-state index is 12.5. The van der Waals surface area contributed by atoms with Crippen LogP contribution in [-0.4, -0.2) is 33.0 Å². The van der Waals surface area contributed by atoms with Crippen molar-refractivity contribution in [1.82, 2.24) is 4.90 Å². The van der Waals surface area contributed by atoms with Gasteiger partial charge in [0.2, 0.25) is 0 Å². The van der Waals surface area contributed by atoms with Gasteiger partial charge < -0.3 is 8.92 Å². The van der Waals surface area contributed by atoms with Gasteiger partial charge in [-0.05, 0) is 49.2 Å². The number of rotatable bonds is 6. The van der Waals surface area contributed by atoms with Crippen LogP contribution in [0.3, 0.4) is 0 Å². The zero-order valence-corrected chi connectivity index (χ0v) is 18.6. The first-order chi connectivity index (χ1) is 14.9. The quantitative estimate of drug-likeness (QED) is 0.514. The summed E-state index contributed by atoms with van der Waals surface area (Å²) in [5.74, 6) is 0.287. The topological polar surface area (TPSA) is 55.8 Å². The van der Waals surface area contributed by atoms with Crippen LogP contribution in [0.5, 0.6) is 5.75 Å². The summed E-state index contributed by atoms with van der Waals surface area (Å²) in [6.45, 7) is 6.43. The molecule has 4 rings (SSSR count).